The molecule has 1 aromatic carbocycles. The molecule has 1 aromatic heterocycles. The quantitative estimate of drug-likeness (QED) is 0.707. The van der Waals surface area contributed by atoms with Crippen LogP contribution < -0.4 is 11.1 Å². The van der Waals surface area contributed by atoms with Gasteiger partial charge in [-0.1, -0.05) is 30.3 Å². The number of carbonyl (C=O) groups excluding carboxylic acids is 2. The molecule has 0 saturated heterocycles. The van der Waals surface area contributed by atoms with E-state index >= 15 is 0 Å². The van der Waals surface area contributed by atoms with Gasteiger partial charge in [0.2, 0.25) is 5.89 Å². The fraction of sp³-hybridized carbons (Fsp3) is 0.312. The third-order valence-corrected chi connectivity index (χ3v) is 3.81. The Morgan fingerprint density at radius 1 is 1.38 bits per heavy atom. The van der Waals surface area contributed by atoms with Crippen molar-refractivity contribution in [1.29, 1.82) is 0 Å². The summed E-state index contributed by atoms with van der Waals surface area (Å²) in [5, 5.41) is 2.38. The van der Waals surface area contributed by atoms with Crippen molar-refractivity contribution in [3.8, 4) is 11.3 Å². The van der Waals surface area contributed by atoms with Crippen LogP contribution in [0.15, 0.2) is 40.9 Å². The van der Waals surface area contributed by atoms with Crippen molar-refractivity contribution in [1.82, 2.24) is 10.3 Å². The van der Waals surface area contributed by atoms with Crippen molar-refractivity contribution in [3.05, 3.63) is 42.4 Å². The SMILES string of the molecule is CSCCC(NC(N)=O)C(=O)OCc1ncc(-c2ccccc2)o1. The molecule has 0 aliphatic heterocycles. The van der Waals surface area contributed by atoms with Gasteiger partial charge in [-0.05, 0) is 18.4 Å². The molecule has 3 N–H and O–H groups in total. The average Bonchev–Trinajstić information content (AvgIpc) is 3.06. The number of amides is 2. The summed E-state index contributed by atoms with van der Waals surface area (Å²) in [6.07, 6.45) is 3.92. The second-order valence-corrected chi connectivity index (χ2v) is 5.92. The summed E-state index contributed by atoms with van der Waals surface area (Å²) < 4.78 is 10.7. The lowest BCUT2D eigenvalue weighted by atomic mass is 10.2. The Kier molecular flexibility index (Phi) is 6.68. The van der Waals surface area contributed by atoms with Gasteiger partial charge in [0.25, 0.3) is 0 Å². The number of aromatic nitrogens is 1. The number of oxazole rings is 1. The summed E-state index contributed by atoms with van der Waals surface area (Å²) in [4.78, 5) is 27.1. The van der Waals surface area contributed by atoms with E-state index in [-0.39, 0.29) is 12.5 Å². The van der Waals surface area contributed by atoms with Crippen molar-refractivity contribution in [2.24, 2.45) is 5.73 Å². The lowest BCUT2D eigenvalue weighted by molar-refractivity contribution is -0.147. The minimum Gasteiger partial charge on any atom is -0.454 e. The van der Waals surface area contributed by atoms with Crippen LogP contribution in [0.2, 0.25) is 0 Å². The number of carbonyl (C=O) groups is 2. The Labute approximate surface area is 144 Å². The van der Waals surface area contributed by atoms with Crippen molar-refractivity contribution >= 4 is 23.8 Å². The fourth-order valence-electron chi connectivity index (χ4n) is 2.00. The summed E-state index contributed by atoms with van der Waals surface area (Å²) in [7, 11) is 0. The zero-order valence-corrected chi connectivity index (χ0v) is 14.0. The molecule has 0 fully saturated rings. The van der Waals surface area contributed by atoms with E-state index < -0.39 is 18.0 Å². The number of rotatable bonds is 8. The van der Waals surface area contributed by atoms with E-state index in [0.717, 1.165) is 5.56 Å². The number of primary amides is 1. The summed E-state index contributed by atoms with van der Waals surface area (Å²) >= 11 is 1.56. The van der Waals surface area contributed by atoms with E-state index in [1.807, 2.05) is 36.6 Å². The van der Waals surface area contributed by atoms with Crippen LogP contribution in [-0.4, -0.2) is 35.0 Å². The molecule has 128 valence electrons. The van der Waals surface area contributed by atoms with E-state index in [2.05, 4.69) is 10.3 Å². The third kappa shape index (κ3) is 5.31. The maximum atomic E-state index is 12.1. The number of hydrogen-bond acceptors (Lipinski definition) is 6. The number of nitrogens with zero attached hydrogens (tertiary/aromatic N) is 1. The van der Waals surface area contributed by atoms with E-state index in [9.17, 15) is 9.59 Å². The third-order valence-electron chi connectivity index (χ3n) is 3.16. The van der Waals surface area contributed by atoms with E-state index in [1.165, 1.54) is 0 Å². The van der Waals surface area contributed by atoms with Gasteiger partial charge < -0.3 is 20.2 Å². The van der Waals surface area contributed by atoms with Gasteiger partial charge in [0.1, 0.15) is 6.04 Å². The number of nitrogens with two attached hydrogens (primary N) is 1. The van der Waals surface area contributed by atoms with Gasteiger partial charge in [0.15, 0.2) is 12.4 Å². The molecular weight excluding hydrogens is 330 g/mol. The molecule has 1 heterocycles. The number of nitrogens with one attached hydrogen (secondary N) is 1. The highest BCUT2D eigenvalue weighted by Gasteiger charge is 2.21. The molecule has 0 aliphatic rings. The molecule has 24 heavy (non-hydrogen) atoms. The summed E-state index contributed by atoms with van der Waals surface area (Å²) in [5.41, 5.74) is 5.97. The van der Waals surface area contributed by atoms with E-state index in [1.54, 1.807) is 18.0 Å². The highest BCUT2D eigenvalue weighted by Crippen LogP contribution is 2.20. The molecule has 1 unspecified atom stereocenters. The maximum Gasteiger partial charge on any atom is 0.329 e. The molecule has 2 amide bonds. The van der Waals surface area contributed by atoms with Crippen molar-refractivity contribution in [2.75, 3.05) is 12.0 Å². The molecule has 0 aliphatic carbocycles. The highest BCUT2D eigenvalue weighted by atomic mass is 32.2. The first-order valence-corrected chi connectivity index (χ1v) is 8.71. The number of ether oxygens (including phenoxy) is 1. The van der Waals surface area contributed by atoms with Crippen LogP contribution in [0.3, 0.4) is 0 Å². The minimum absolute atomic E-state index is 0.109. The normalized spacial score (nSPS) is 11.7. The summed E-state index contributed by atoms with van der Waals surface area (Å²) in [6, 6.07) is 7.94. The van der Waals surface area contributed by atoms with Gasteiger partial charge in [-0.15, -0.1) is 0 Å². The Balaban J connectivity index is 1.92. The van der Waals surface area contributed by atoms with Crippen LogP contribution in [0.1, 0.15) is 12.3 Å². The standard InChI is InChI=1S/C16H19N3O4S/c1-24-8-7-12(19-16(17)21)15(20)22-10-14-18-9-13(23-14)11-5-3-2-4-6-11/h2-6,9,12H,7-8,10H2,1H3,(H3,17,19,21). The molecule has 8 heteroatoms. The number of thioether (sulfide) groups is 1. The van der Waals surface area contributed by atoms with Gasteiger partial charge in [-0.25, -0.2) is 14.6 Å². The van der Waals surface area contributed by atoms with Crippen molar-refractivity contribution in [2.45, 2.75) is 19.1 Å². The second kappa shape index (κ2) is 8.97. The predicted octanol–water partition coefficient (Wildman–Crippen LogP) is 2.17. The zero-order chi connectivity index (χ0) is 17.4. The Hall–Kier alpha value is -2.48. The Bertz CT molecular complexity index is 675. The monoisotopic (exact) mass is 349 g/mol. The largest absolute Gasteiger partial charge is 0.454 e. The summed E-state index contributed by atoms with van der Waals surface area (Å²) in [5.74, 6) is 1.00. The van der Waals surface area contributed by atoms with Gasteiger partial charge in [-0.3, -0.25) is 0 Å². The van der Waals surface area contributed by atoms with Crippen LogP contribution >= 0.6 is 11.8 Å². The van der Waals surface area contributed by atoms with Gasteiger partial charge in [-0.2, -0.15) is 11.8 Å². The van der Waals surface area contributed by atoms with Crippen LogP contribution in [0.4, 0.5) is 4.79 Å². The predicted molar refractivity (Wildman–Crippen MR) is 91.2 cm³/mol. The van der Waals surface area contributed by atoms with Crippen molar-refractivity contribution in [3.63, 3.8) is 0 Å². The van der Waals surface area contributed by atoms with Crippen LogP contribution in [0.5, 0.6) is 0 Å². The Morgan fingerprint density at radius 3 is 2.79 bits per heavy atom. The molecule has 0 bridgehead atoms. The van der Waals surface area contributed by atoms with Crippen LogP contribution in [-0.2, 0) is 16.1 Å². The fourth-order valence-corrected chi connectivity index (χ4v) is 2.47. The van der Waals surface area contributed by atoms with E-state index in [4.69, 9.17) is 14.9 Å². The maximum absolute atomic E-state index is 12.1. The van der Waals surface area contributed by atoms with Crippen molar-refractivity contribution < 1.29 is 18.7 Å². The number of esters is 1. The average molecular weight is 349 g/mol. The molecular formula is C16H19N3O4S. The smallest absolute Gasteiger partial charge is 0.329 e. The topological polar surface area (TPSA) is 107 Å². The van der Waals surface area contributed by atoms with Gasteiger partial charge in [0, 0.05) is 5.56 Å². The number of benzene rings is 1. The molecule has 0 saturated carbocycles. The zero-order valence-electron chi connectivity index (χ0n) is 13.2. The van der Waals surface area contributed by atoms with Gasteiger partial charge >= 0.3 is 12.0 Å². The summed E-state index contributed by atoms with van der Waals surface area (Å²) in [6.45, 7) is -0.109. The highest BCUT2D eigenvalue weighted by molar-refractivity contribution is 7.98. The number of urea groups is 1. The van der Waals surface area contributed by atoms with E-state index in [0.29, 0.717) is 17.9 Å². The molecule has 2 rings (SSSR count). The minimum atomic E-state index is -0.779. The lowest BCUT2D eigenvalue weighted by Crippen LogP contribution is -2.44. The van der Waals surface area contributed by atoms with Crippen LogP contribution in [0, 0.1) is 0 Å². The first-order valence-electron chi connectivity index (χ1n) is 7.32. The first-order chi connectivity index (χ1) is 11.6. The molecule has 0 spiro atoms. The Morgan fingerprint density at radius 2 is 2.12 bits per heavy atom. The number of hydrogen-bond donors (Lipinski definition) is 2. The lowest BCUT2D eigenvalue weighted by Gasteiger charge is -2.15. The second-order valence-electron chi connectivity index (χ2n) is 4.93. The van der Waals surface area contributed by atoms with Crippen LogP contribution in [0.25, 0.3) is 11.3 Å². The van der Waals surface area contributed by atoms with Gasteiger partial charge in [0.05, 0.1) is 6.20 Å². The molecule has 7 nitrogen and oxygen atoms in total. The molecule has 1 atom stereocenters. The first kappa shape index (κ1) is 17.9. The molecule has 0 radical (unpaired) electrons. The molecule has 2 aromatic rings.